The Bertz CT molecular complexity index is 631. The van der Waals surface area contributed by atoms with Crippen molar-refractivity contribution in [3.63, 3.8) is 0 Å². The van der Waals surface area contributed by atoms with Crippen LogP contribution in [0.5, 0.6) is 0 Å². The van der Waals surface area contributed by atoms with Gasteiger partial charge in [-0.1, -0.05) is 23.7 Å². The van der Waals surface area contributed by atoms with Gasteiger partial charge in [0.1, 0.15) is 5.69 Å². The minimum absolute atomic E-state index is 0.231. The van der Waals surface area contributed by atoms with Gasteiger partial charge in [-0.2, -0.15) is 0 Å². The lowest BCUT2D eigenvalue weighted by Crippen LogP contribution is -2.11. The first-order valence-corrected chi connectivity index (χ1v) is 5.88. The molecule has 5 heteroatoms. The van der Waals surface area contributed by atoms with Crippen LogP contribution in [-0.4, -0.2) is 23.4 Å². The standard InChI is InChI=1S/C13H12ClNO3/c1-3-18-13(17)12-9(7-16)8-5-4-6-10(14)11(8)15(12)2/h4-7H,3H2,1-2H3. The second-order valence-electron chi connectivity index (χ2n) is 3.80. The molecule has 0 amide bonds. The van der Waals surface area contributed by atoms with E-state index in [1.807, 2.05) is 0 Å². The summed E-state index contributed by atoms with van der Waals surface area (Å²) in [5.41, 5.74) is 1.20. The molecule has 2 aromatic rings. The zero-order valence-electron chi connectivity index (χ0n) is 10.1. The fourth-order valence-corrected chi connectivity index (χ4v) is 2.36. The van der Waals surface area contributed by atoms with E-state index in [-0.39, 0.29) is 12.3 Å². The van der Waals surface area contributed by atoms with E-state index in [1.54, 1.807) is 36.7 Å². The summed E-state index contributed by atoms with van der Waals surface area (Å²) in [6.45, 7) is 1.97. The van der Waals surface area contributed by atoms with Crippen LogP contribution >= 0.6 is 11.6 Å². The molecule has 1 heterocycles. The summed E-state index contributed by atoms with van der Waals surface area (Å²) in [6, 6.07) is 5.22. The SMILES string of the molecule is CCOC(=O)c1c(C=O)c2cccc(Cl)c2n1C. The molecule has 0 aliphatic rings. The van der Waals surface area contributed by atoms with Crippen LogP contribution in [0.3, 0.4) is 0 Å². The summed E-state index contributed by atoms with van der Waals surface area (Å²) in [4.78, 5) is 23.1. The van der Waals surface area contributed by atoms with Gasteiger partial charge in [-0.15, -0.1) is 0 Å². The highest BCUT2D eigenvalue weighted by atomic mass is 35.5. The largest absolute Gasteiger partial charge is 0.461 e. The minimum Gasteiger partial charge on any atom is -0.461 e. The molecule has 0 atom stereocenters. The molecule has 0 aliphatic heterocycles. The maximum atomic E-state index is 11.9. The van der Waals surface area contributed by atoms with Crippen LogP contribution in [-0.2, 0) is 11.8 Å². The van der Waals surface area contributed by atoms with Gasteiger partial charge in [0.05, 0.1) is 22.7 Å². The average molecular weight is 266 g/mol. The van der Waals surface area contributed by atoms with E-state index < -0.39 is 5.97 Å². The van der Waals surface area contributed by atoms with Gasteiger partial charge in [-0.3, -0.25) is 4.79 Å². The Labute approximate surface area is 109 Å². The lowest BCUT2D eigenvalue weighted by molar-refractivity contribution is 0.0513. The van der Waals surface area contributed by atoms with Gasteiger partial charge in [-0.25, -0.2) is 4.79 Å². The fraction of sp³-hybridized carbons (Fsp3) is 0.231. The summed E-state index contributed by atoms with van der Waals surface area (Å²) >= 11 is 6.10. The van der Waals surface area contributed by atoms with E-state index in [1.165, 1.54) is 0 Å². The highest BCUT2D eigenvalue weighted by molar-refractivity contribution is 6.35. The van der Waals surface area contributed by atoms with Crippen molar-refractivity contribution < 1.29 is 14.3 Å². The van der Waals surface area contributed by atoms with Crippen LogP contribution in [0, 0.1) is 0 Å². The topological polar surface area (TPSA) is 48.3 Å². The highest BCUT2D eigenvalue weighted by Gasteiger charge is 2.22. The maximum Gasteiger partial charge on any atom is 0.355 e. The number of halogens is 1. The maximum absolute atomic E-state index is 11.9. The van der Waals surface area contributed by atoms with Crippen LogP contribution in [0.1, 0.15) is 27.8 Å². The number of carbonyl (C=O) groups is 2. The number of esters is 1. The van der Waals surface area contributed by atoms with E-state index in [2.05, 4.69) is 0 Å². The van der Waals surface area contributed by atoms with Crippen molar-refractivity contribution in [3.8, 4) is 0 Å². The lowest BCUT2D eigenvalue weighted by Gasteiger charge is -2.04. The molecule has 1 aromatic heterocycles. The van der Waals surface area contributed by atoms with Gasteiger partial charge >= 0.3 is 5.97 Å². The zero-order chi connectivity index (χ0) is 13.3. The first-order chi connectivity index (χ1) is 8.61. The zero-order valence-corrected chi connectivity index (χ0v) is 10.8. The Kier molecular flexibility index (Phi) is 3.39. The smallest absolute Gasteiger partial charge is 0.355 e. The highest BCUT2D eigenvalue weighted by Crippen LogP contribution is 2.30. The van der Waals surface area contributed by atoms with Crippen molar-refractivity contribution in [2.45, 2.75) is 6.92 Å². The molecule has 0 N–H and O–H groups in total. The molecule has 0 spiro atoms. The molecule has 18 heavy (non-hydrogen) atoms. The molecular formula is C13H12ClNO3. The quantitative estimate of drug-likeness (QED) is 0.633. The third-order valence-corrected chi connectivity index (χ3v) is 3.09. The van der Waals surface area contributed by atoms with Crippen LogP contribution in [0.25, 0.3) is 10.9 Å². The Balaban J connectivity index is 2.81. The number of para-hydroxylation sites is 1. The molecule has 0 saturated heterocycles. The summed E-state index contributed by atoms with van der Waals surface area (Å²) in [5, 5.41) is 1.15. The number of ether oxygens (including phenoxy) is 1. The van der Waals surface area contributed by atoms with Crippen molar-refractivity contribution in [1.29, 1.82) is 0 Å². The van der Waals surface area contributed by atoms with E-state index in [0.717, 1.165) is 0 Å². The van der Waals surface area contributed by atoms with Gasteiger partial charge < -0.3 is 9.30 Å². The first-order valence-electron chi connectivity index (χ1n) is 5.51. The number of hydrogen-bond donors (Lipinski definition) is 0. The number of benzene rings is 1. The number of aldehydes is 1. The predicted octanol–water partition coefficient (Wildman–Crippen LogP) is 2.82. The molecular weight excluding hydrogens is 254 g/mol. The number of fused-ring (bicyclic) bond motifs is 1. The van der Waals surface area contributed by atoms with E-state index >= 15 is 0 Å². The molecule has 2 rings (SSSR count). The molecule has 0 saturated carbocycles. The predicted molar refractivity (Wildman–Crippen MR) is 69.3 cm³/mol. The Morgan fingerprint density at radius 2 is 2.22 bits per heavy atom. The van der Waals surface area contributed by atoms with Gasteiger partial charge in [0.15, 0.2) is 6.29 Å². The van der Waals surface area contributed by atoms with E-state index in [9.17, 15) is 9.59 Å². The molecule has 1 aromatic carbocycles. The minimum atomic E-state index is -0.519. The van der Waals surface area contributed by atoms with Crippen LogP contribution < -0.4 is 0 Å². The van der Waals surface area contributed by atoms with Gasteiger partial charge in [0.2, 0.25) is 0 Å². The van der Waals surface area contributed by atoms with Crippen molar-refractivity contribution in [1.82, 2.24) is 4.57 Å². The Morgan fingerprint density at radius 1 is 1.50 bits per heavy atom. The second-order valence-corrected chi connectivity index (χ2v) is 4.20. The molecule has 0 radical (unpaired) electrons. The molecule has 0 aliphatic carbocycles. The molecule has 4 nitrogen and oxygen atoms in total. The number of rotatable bonds is 3. The summed E-state index contributed by atoms with van der Waals surface area (Å²) in [7, 11) is 1.69. The number of aromatic nitrogens is 1. The Morgan fingerprint density at radius 3 is 2.83 bits per heavy atom. The fourth-order valence-electron chi connectivity index (χ4n) is 2.06. The van der Waals surface area contributed by atoms with Gasteiger partial charge in [0, 0.05) is 12.4 Å². The first kappa shape index (κ1) is 12.6. The third-order valence-electron chi connectivity index (χ3n) is 2.79. The average Bonchev–Trinajstić information content (AvgIpc) is 2.63. The summed E-state index contributed by atoms with van der Waals surface area (Å²) in [5.74, 6) is -0.519. The van der Waals surface area contributed by atoms with Crippen LogP contribution in [0.4, 0.5) is 0 Å². The second kappa shape index (κ2) is 4.82. The number of nitrogens with zero attached hydrogens (tertiary/aromatic N) is 1. The Hall–Kier alpha value is -1.81. The van der Waals surface area contributed by atoms with E-state index in [4.69, 9.17) is 16.3 Å². The summed E-state index contributed by atoms with van der Waals surface area (Å²) < 4.78 is 6.56. The van der Waals surface area contributed by atoms with Crippen molar-refractivity contribution in [2.24, 2.45) is 7.05 Å². The number of hydrogen-bond acceptors (Lipinski definition) is 3. The van der Waals surface area contributed by atoms with Crippen LogP contribution in [0.15, 0.2) is 18.2 Å². The number of aryl methyl sites for hydroxylation is 1. The monoisotopic (exact) mass is 265 g/mol. The van der Waals surface area contributed by atoms with E-state index in [0.29, 0.717) is 27.8 Å². The van der Waals surface area contributed by atoms with Crippen LogP contribution in [0.2, 0.25) is 5.02 Å². The molecule has 0 unspecified atom stereocenters. The molecule has 94 valence electrons. The van der Waals surface area contributed by atoms with Crippen molar-refractivity contribution in [2.75, 3.05) is 6.61 Å². The van der Waals surface area contributed by atoms with Gasteiger partial charge in [-0.05, 0) is 13.0 Å². The normalized spacial score (nSPS) is 10.6. The summed E-state index contributed by atoms with van der Waals surface area (Å²) in [6.07, 6.45) is 0.658. The van der Waals surface area contributed by atoms with Crippen molar-refractivity contribution >= 4 is 34.8 Å². The molecule has 0 fully saturated rings. The lowest BCUT2D eigenvalue weighted by atomic mass is 10.1. The van der Waals surface area contributed by atoms with Crippen molar-refractivity contribution in [3.05, 3.63) is 34.5 Å². The molecule has 0 bridgehead atoms. The number of carbonyl (C=O) groups excluding carboxylic acids is 2. The van der Waals surface area contributed by atoms with Gasteiger partial charge in [0.25, 0.3) is 0 Å². The third kappa shape index (κ3) is 1.78.